The molecule has 1 saturated heterocycles. The number of hydrogen-bond acceptors (Lipinski definition) is 5. The van der Waals surface area contributed by atoms with Crippen LogP contribution in [0.5, 0.6) is 5.88 Å². The van der Waals surface area contributed by atoms with E-state index in [-0.39, 0.29) is 0 Å². The lowest BCUT2D eigenvalue weighted by Crippen LogP contribution is -2.42. The highest BCUT2D eigenvalue weighted by atomic mass is 16.5. The molecule has 0 aliphatic carbocycles. The smallest absolute Gasteiger partial charge is 0.226 e. The van der Waals surface area contributed by atoms with Crippen molar-refractivity contribution in [2.75, 3.05) is 25.5 Å². The summed E-state index contributed by atoms with van der Waals surface area (Å²) in [5.41, 5.74) is 0.939. The predicted octanol–water partition coefficient (Wildman–Crippen LogP) is 2.47. The molecular weight excluding hydrogens is 252 g/mol. The third-order valence-electron chi connectivity index (χ3n) is 3.83. The summed E-state index contributed by atoms with van der Waals surface area (Å²) in [6, 6.07) is 2.93. The van der Waals surface area contributed by atoms with Gasteiger partial charge >= 0.3 is 0 Å². The van der Waals surface area contributed by atoms with E-state index in [0.29, 0.717) is 30.5 Å². The number of ether oxygens (including phenoxy) is 1. The van der Waals surface area contributed by atoms with E-state index in [4.69, 9.17) is 4.74 Å². The summed E-state index contributed by atoms with van der Waals surface area (Å²) >= 11 is 0. The normalized spacial score (nSPS) is 23.6. The van der Waals surface area contributed by atoms with Gasteiger partial charge in [-0.25, -0.2) is 4.98 Å². The zero-order valence-electron chi connectivity index (χ0n) is 13.0. The van der Waals surface area contributed by atoms with Crippen molar-refractivity contribution in [2.24, 2.45) is 0 Å². The Morgan fingerprint density at radius 3 is 2.95 bits per heavy atom. The highest BCUT2D eigenvalue weighted by Crippen LogP contribution is 2.20. The van der Waals surface area contributed by atoms with E-state index >= 15 is 0 Å². The van der Waals surface area contributed by atoms with Crippen LogP contribution in [0.15, 0.2) is 6.07 Å². The highest BCUT2D eigenvalue weighted by Gasteiger charge is 2.23. The predicted molar refractivity (Wildman–Crippen MR) is 81.3 cm³/mol. The zero-order valence-corrected chi connectivity index (χ0v) is 13.0. The molecule has 2 unspecified atom stereocenters. The Kier molecular flexibility index (Phi) is 5.17. The third kappa shape index (κ3) is 4.07. The van der Waals surface area contributed by atoms with Gasteiger partial charge in [0.1, 0.15) is 0 Å². The lowest BCUT2D eigenvalue weighted by atomic mass is 9.99. The molecule has 5 heteroatoms. The Hall–Kier alpha value is -1.36. The van der Waals surface area contributed by atoms with Crippen LogP contribution in [0.1, 0.15) is 38.8 Å². The summed E-state index contributed by atoms with van der Waals surface area (Å²) in [6.45, 7) is 8.14. The molecule has 1 aromatic rings. The molecular formula is C15H26N4O. The van der Waals surface area contributed by atoms with Crippen LogP contribution in [0, 0.1) is 6.92 Å². The molecule has 112 valence electrons. The van der Waals surface area contributed by atoms with E-state index in [1.165, 1.54) is 0 Å². The molecule has 1 aromatic heterocycles. The first-order valence-electron chi connectivity index (χ1n) is 7.53. The number of nitrogens with zero attached hydrogens (tertiary/aromatic N) is 3. The first-order valence-corrected chi connectivity index (χ1v) is 7.53. The largest absolute Gasteiger partial charge is 0.478 e. The van der Waals surface area contributed by atoms with Gasteiger partial charge in [-0.05, 0) is 40.2 Å². The summed E-state index contributed by atoms with van der Waals surface area (Å²) in [5, 5.41) is 3.46. The van der Waals surface area contributed by atoms with Gasteiger partial charge in [-0.3, -0.25) is 0 Å². The lowest BCUT2D eigenvalue weighted by molar-refractivity contribution is 0.189. The van der Waals surface area contributed by atoms with Crippen molar-refractivity contribution >= 4 is 5.95 Å². The molecule has 0 bridgehead atoms. The van der Waals surface area contributed by atoms with Crippen molar-refractivity contribution in [2.45, 2.75) is 52.1 Å². The Labute approximate surface area is 121 Å². The summed E-state index contributed by atoms with van der Waals surface area (Å²) in [6.07, 6.45) is 3.24. The SMILES string of the molecule is CCCOc1cc(C)nc(NC2CCN(C)C(C)C2)n1. The standard InChI is InChI=1S/C15H26N4O/c1-5-8-20-14-9-11(2)16-15(18-14)17-13-6-7-19(4)12(3)10-13/h9,12-13H,5-8,10H2,1-4H3,(H,16,17,18). The lowest BCUT2D eigenvalue weighted by Gasteiger charge is -2.35. The minimum Gasteiger partial charge on any atom is -0.478 e. The molecule has 1 fully saturated rings. The fourth-order valence-electron chi connectivity index (χ4n) is 2.49. The quantitative estimate of drug-likeness (QED) is 0.896. The summed E-state index contributed by atoms with van der Waals surface area (Å²) in [4.78, 5) is 11.3. The number of hydrogen-bond donors (Lipinski definition) is 1. The second-order valence-electron chi connectivity index (χ2n) is 5.71. The number of nitrogens with one attached hydrogen (secondary N) is 1. The topological polar surface area (TPSA) is 50.3 Å². The van der Waals surface area contributed by atoms with Crippen LogP contribution in [0.4, 0.5) is 5.95 Å². The van der Waals surface area contributed by atoms with Crippen LogP contribution >= 0.6 is 0 Å². The van der Waals surface area contributed by atoms with E-state index in [1.54, 1.807) is 0 Å². The maximum atomic E-state index is 5.60. The number of piperidine rings is 1. The van der Waals surface area contributed by atoms with Crippen LogP contribution in [0.3, 0.4) is 0 Å². The Bertz CT molecular complexity index is 438. The first-order chi connectivity index (χ1) is 9.58. The molecule has 1 aliphatic heterocycles. The van der Waals surface area contributed by atoms with Crippen molar-refractivity contribution in [3.05, 3.63) is 11.8 Å². The second-order valence-corrected chi connectivity index (χ2v) is 5.71. The number of aryl methyl sites for hydroxylation is 1. The second kappa shape index (κ2) is 6.88. The van der Waals surface area contributed by atoms with Gasteiger partial charge in [0, 0.05) is 30.4 Å². The van der Waals surface area contributed by atoms with Gasteiger partial charge in [0.05, 0.1) is 6.61 Å². The van der Waals surface area contributed by atoms with E-state index < -0.39 is 0 Å². The van der Waals surface area contributed by atoms with Crippen LogP contribution in [0.25, 0.3) is 0 Å². The summed E-state index contributed by atoms with van der Waals surface area (Å²) in [7, 11) is 2.18. The molecule has 1 aliphatic rings. The minimum atomic E-state index is 0.446. The average Bonchev–Trinajstić information content (AvgIpc) is 2.40. The third-order valence-corrected chi connectivity index (χ3v) is 3.83. The average molecular weight is 278 g/mol. The fourth-order valence-corrected chi connectivity index (χ4v) is 2.49. The molecule has 1 N–H and O–H groups in total. The maximum Gasteiger partial charge on any atom is 0.226 e. The summed E-state index contributed by atoms with van der Waals surface area (Å²) < 4.78 is 5.60. The van der Waals surface area contributed by atoms with E-state index in [1.807, 2.05) is 13.0 Å². The molecule has 2 rings (SSSR count). The number of rotatable bonds is 5. The minimum absolute atomic E-state index is 0.446. The van der Waals surface area contributed by atoms with Crippen LogP contribution in [0.2, 0.25) is 0 Å². The first kappa shape index (κ1) is 15.0. The summed E-state index contributed by atoms with van der Waals surface area (Å²) in [5.74, 6) is 1.36. The van der Waals surface area contributed by atoms with Crippen molar-refractivity contribution in [3.8, 4) is 5.88 Å². The van der Waals surface area contributed by atoms with Crippen LogP contribution < -0.4 is 10.1 Å². The number of aromatic nitrogens is 2. The molecule has 0 radical (unpaired) electrons. The van der Waals surface area contributed by atoms with E-state index in [9.17, 15) is 0 Å². The van der Waals surface area contributed by atoms with Crippen molar-refractivity contribution < 1.29 is 4.74 Å². The fraction of sp³-hybridized carbons (Fsp3) is 0.733. The van der Waals surface area contributed by atoms with Gasteiger partial charge in [-0.15, -0.1) is 0 Å². The monoisotopic (exact) mass is 278 g/mol. The molecule has 2 heterocycles. The van der Waals surface area contributed by atoms with Gasteiger partial charge in [0.15, 0.2) is 0 Å². The van der Waals surface area contributed by atoms with Gasteiger partial charge in [-0.2, -0.15) is 4.98 Å². The molecule has 5 nitrogen and oxygen atoms in total. The Morgan fingerprint density at radius 2 is 2.25 bits per heavy atom. The zero-order chi connectivity index (χ0) is 14.5. The van der Waals surface area contributed by atoms with E-state index in [2.05, 4.69) is 41.1 Å². The molecule has 2 atom stereocenters. The van der Waals surface area contributed by atoms with Gasteiger partial charge in [0.25, 0.3) is 0 Å². The van der Waals surface area contributed by atoms with Gasteiger partial charge in [0.2, 0.25) is 11.8 Å². The maximum absolute atomic E-state index is 5.60. The van der Waals surface area contributed by atoms with Crippen molar-refractivity contribution in [1.29, 1.82) is 0 Å². The molecule has 20 heavy (non-hydrogen) atoms. The number of likely N-dealkylation sites (tertiary alicyclic amines) is 1. The molecule has 0 aromatic carbocycles. The van der Waals surface area contributed by atoms with E-state index in [0.717, 1.165) is 31.5 Å². The van der Waals surface area contributed by atoms with Gasteiger partial charge < -0.3 is 15.0 Å². The highest BCUT2D eigenvalue weighted by molar-refractivity contribution is 5.32. The van der Waals surface area contributed by atoms with Crippen molar-refractivity contribution in [1.82, 2.24) is 14.9 Å². The Morgan fingerprint density at radius 1 is 1.45 bits per heavy atom. The molecule has 0 spiro atoms. The molecule has 0 saturated carbocycles. The Balaban J connectivity index is 1.99. The van der Waals surface area contributed by atoms with Crippen LogP contribution in [-0.4, -0.2) is 47.2 Å². The van der Waals surface area contributed by atoms with Gasteiger partial charge in [-0.1, -0.05) is 6.92 Å². The number of anilines is 1. The molecule has 0 amide bonds. The van der Waals surface area contributed by atoms with Crippen molar-refractivity contribution in [3.63, 3.8) is 0 Å². The van der Waals surface area contributed by atoms with Crippen LogP contribution in [-0.2, 0) is 0 Å².